The van der Waals surface area contributed by atoms with Gasteiger partial charge in [-0.25, -0.2) is 0 Å². The molecule has 0 aromatic heterocycles. The minimum atomic E-state index is -4.54. The number of hydrogen-bond donors (Lipinski definition) is 2. The number of alkyl halides is 3. The molecule has 0 bridgehead atoms. The van der Waals surface area contributed by atoms with Crippen molar-refractivity contribution in [1.82, 2.24) is 5.32 Å². The van der Waals surface area contributed by atoms with Crippen molar-refractivity contribution >= 4 is 27.5 Å². The molecule has 1 aromatic rings. The zero-order valence-electron chi connectivity index (χ0n) is 11.2. The maximum atomic E-state index is 12.9. The van der Waals surface area contributed by atoms with E-state index in [4.69, 9.17) is 4.74 Å². The second-order valence-electron chi connectivity index (χ2n) is 5.08. The fourth-order valence-corrected chi connectivity index (χ4v) is 2.23. The van der Waals surface area contributed by atoms with Crippen LogP contribution in [0.3, 0.4) is 0 Å². The molecule has 1 aromatic carbocycles. The molecule has 1 aliphatic heterocycles. The number of rotatable bonds is 4. The van der Waals surface area contributed by atoms with E-state index in [0.29, 0.717) is 13.1 Å². The third-order valence-corrected chi connectivity index (χ3v) is 3.60. The standard InChI is InChI=1S/C13H14BrF3N2O2/c1-12(6-18-7-12)21-5-11(20)19-10-3-2-8(14)4-9(10)13(15,16)17/h2-4,18H,5-7H2,1H3,(H,19,20). The van der Waals surface area contributed by atoms with Crippen LogP contribution in [0.4, 0.5) is 18.9 Å². The Hall–Kier alpha value is -1.12. The Kier molecular flexibility index (Phi) is 4.60. The van der Waals surface area contributed by atoms with E-state index in [-0.39, 0.29) is 16.8 Å². The van der Waals surface area contributed by atoms with Crippen molar-refractivity contribution in [1.29, 1.82) is 0 Å². The number of benzene rings is 1. The van der Waals surface area contributed by atoms with Crippen LogP contribution in [0.25, 0.3) is 0 Å². The molecular weight excluding hydrogens is 353 g/mol. The zero-order chi connectivity index (χ0) is 15.7. The summed E-state index contributed by atoms with van der Waals surface area (Å²) >= 11 is 2.98. The summed E-state index contributed by atoms with van der Waals surface area (Å²) < 4.78 is 44.4. The van der Waals surface area contributed by atoms with Gasteiger partial charge in [0.15, 0.2) is 0 Å². The van der Waals surface area contributed by atoms with Gasteiger partial charge < -0.3 is 15.4 Å². The SMILES string of the molecule is CC1(OCC(=O)Nc2ccc(Br)cc2C(F)(F)F)CNC1. The molecule has 0 atom stereocenters. The molecular formula is C13H14BrF3N2O2. The van der Waals surface area contributed by atoms with Gasteiger partial charge in [-0.15, -0.1) is 0 Å². The van der Waals surface area contributed by atoms with Crippen LogP contribution in [0.15, 0.2) is 22.7 Å². The molecule has 1 fully saturated rings. The zero-order valence-corrected chi connectivity index (χ0v) is 12.8. The highest BCUT2D eigenvalue weighted by Gasteiger charge is 2.35. The Morgan fingerprint density at radius 3 is 2.67 bits per heavy atom. The fourth-order valence-electron chi connectivity index (χ4n) is 1.87. The maximum absolute atomic E-state index is 12.9. The highest BCUT2D eigenvalue weighted by Crippen LogP contribution is 2.36. The van der Waals surface area contributed by atoms with Crippen LogP contribution in [-0.2, 0) is 15.7 Å². The van der Waals surface area contributed by atoms with Crippen LogP contribution in [0.1, 0.15) is 12.5 Å². The van der Waals surface area contributed by atoms with Crippen LogP contribution in [-0.4, -0.2) is 31.2 Å². The van der Waals surface area contributed by atoms with Crippen LogP contribution in [0, 0.1) is 0 Å². The summed E-state index contributed by atoms with van der Waals surface area (Å²) in [5.41, 5.74) is -1.61. The van der Waals surface area contributed by atoms with Crippen molar-refractivity contribution < 1.29 is 22.7 Å². The molecule has 4 nitrogen and oxygen atoms in total. The predicted molar refractivity (Wildman–Crippen MR) is 75.0 cm³/mol. The van der Waals surface area contributed by atoms with E-state index in [1.807, 2.05) is 6.92 Å². The van der Waals surface area contributed by atoms with E-state index in [9.17, 15) is 18.0 Å². The molecule has 8 heteroatoms. The van der Waals surface area contributed by atoms with Crippen molar-refractivity contribution in [2.24, 2.45) is 0 Å². The number of hydrogen-bond acceptors (Lipinski definition) is 3. The number of amides is 1. The first-order chi connectivity index (χ1) is 9.70. The molecule has 2 N–H and O–H groups in total. The van der Waals surface area contributed by atoms with Gasteiger partial charge >= 0.3 is 6.18 Å². The fraction of sp³-hybridized carbons (Fsp3) is 0.462. The molecule has 0 unspecified atom stereocenters. The molecule has 0 spiro atoms. The van der Waals surface area contributed by atoms with Gasteiger partial charge in [0, 0.05) is 17.6 Å². The first-order valence-electron chi connectivity index (χ1n) is 6.21. The maximum Gasteiger partial charge on any atom is 0.418 e. The molecule has 116 valence electrons. The van der Waals surface area contributed by atoms with E-state index in [0.717, 1.165) is 6.07 Å². The Bertz CT molecular complexity index is 545. The number of carbonyl (C=O) groups is 1. The van der Waals surface area contributed by atoms with E-state index >= 15 is 0 Å². The van der Waals surface area contributed by atoms with Gasteiger partial charge in [0.1, 0.15) is 6.61 Å². The van der Waals surface area contributed by atoms with Gasteiger partial charge in [0.05, 0.1) is 16.9 Å². The third-order valence-electron chi connectivity index (χ3n) is 3.11. The summed E-state index contributed by atoms with van der Waals surface area (Å²) in [6.45, 7) is 2.78. The second-order valence-corrected chi connectivity index (χ2v) is 5.99. The van der Waals surface area contributed by atoms with Gasteiger partial charge in [0.25, 0.3) is 0 Å². The van der Waals surface area contributed by atoms with E-state index in [1.54, 1.807) is 0 Å². The normalized spacial score (nSPS) is 17.2. The Morgan fingerprint density at radius 2 is 2.14 bits per heavy atom. The topological polar surface area (TPSA) is 50.4 Å². The molecule has 2 rings (SSSR count). The van der Waals surface area contributed by atoms with Crippen molar-refractivity contribution in [2.75, 3.05) is 25.0 Å². The van der Waals surface area contributed by atoms with E-state index in [2.05, 4.69) is 26.6 Å². The summed E-state index contributed by atoms with van der Waals surface area (Å²) in [7, 11) is 0. The van der Waals surface area contributed by atoms with Crippen LogP contribution < -0.4 is 10.6 Å². The second kappa shape index (κ2) is 5.94. The molecule has 1 amide bonds. The summed E-state index contributed by atoms with van der Waals surface area (Å²) in [5, 5.41) is 5.24. The minimum Gasteiger partial charge on any atom is -0.363 e. The Balaban J connectivity index is 2.03. The quantitative estimate of drug-likeness (QED) is 0.861. The number of carbonyl (C=O) groups excluding carboxylic acids is 1. The number of halogens is 4. The van der Waals surface area contributed by atoms with Crippen LogP contribution in [0.2, 0.25) is 0 Å². The monoisotopic (exact) mass is 366 g/mol. The molecule has 0 radical (unpaired) electrons. The molecule has 0 aliphatic carbocycles. The minimum absolute atomic E-state index is 0.281. The van der Waals surface area contributed by atoms with E-state index in [1.165, 1.54) is 12.1 Å². The molecule has 0 saturated carbocycles. The lowest BCUT2D eigenvalue weighted by atomic mass is 10.0. The Labute approximate surface area is 128 Å². The average molecular weight is 367 g/mol. The summed E-state index contributed by atoms with van der Waals surface area (Å²) in [6.07, 6.45) is -4.54. The van der Waals surface area contributed by atoms with E-state index < -0.39 is 23.2 Å². The molecule has 21 heavy (non-hydrogen) atoms. The molecule has 1 aliphatic rings. The van der Waals surface area contributed by atoms with Crippen molar-refractivity contribution in [3.8, 4) is 0 Å². The van der Waals surface area contributed by atoms with Crippen LogP contribution in [0.5, 0.6) is 0 Å². The van der Waals surface area contributed by atoms with Gasteiger partial charge in [-0.1, -0.05) is 15.9 Å². The summed E-state index contributed by atoms with van der Waals surface area (Å²) in [4.78, 5) is 11.7. The van der Waals surface area contributed by atoms with Crippen molar-refractivity contribution in [2.45, 2.75) is 18.7 Å². The predicted octanol–water partition coefficient (Wildman–Crippen LogP) is 2.78. The van der Waals surface area contributed by atoms with Crippen molar-refractivity contribution in [3.63, 3.8) is 0 Å². The highest BCUT2D eigenvalue weighted by molar-refractivity contribution is 9.10. The average Bonchev–Trinajstić information content (AvgIpc) is 2.35. The molecule has 1 heterocycles. The van der Waals surface area contributed by atoms with Gasteiger partial charge in [-0.3, -0.25) is 4.79 Å². The lowest BCUT2D eigenvalue weighted by Crippen LogP contribution is -2.59. The summed E-state index contributed by atoms with van der Waals surface area (Å²) in [6, 6.07) is 3.56. The Morgan fingerprint density at radius 1 is 1.48 bits per heavy atom. The van der Waals surface area contributed by atoms with Gasteiger partial charge in [-0.2, -0.15) is 13.2 Å². The summed E-state index contributed by atoms with van der Waals surface area (Å²) in [5.74, 6) is -0.615. The smallest absolute Gasteiger partial charge is 0.363 e. The molecule has 1 saturated heterocycles. The van der Waals surface area contributed by atoms with Crippen LogP contribution >= 0.6 is 15.9 Å². The first-order valence-corrected chi connectivity index (χ1v) is 7.00. The highest BCUT2D eigenvalue weighted by atomic mass is 79.9. The first kappa shape index (κ1) is 16.3. The number of nitrogens with one attached hydrogen (secondary N) is 2. The lowest BCUT2D eigenvalue weighted by Gasteiger charge is -2.38. The number of ether oxygens (including phenoxy) is 1. The van der Waals surface area contributed by atoms with Crippen molar-refractivity contribution in [3.05, 3.63) is 28.2 Å². The lowest BCUT2D eigenvalue weighted by molar-refractivity contribution is -0.137. The van der Waals surface area contributed by atoms with Gasteiger partial charge in [0.2, 0.25) is 5.91 Å². The largest absolute Gasteiger partial charge is 0.418 e. The van der Waals surface area contributed by atoms with Gasteiger partial charge in [-0.05, 0) is 25.1 Å². The number of anilines is 1. The third kappa shape index (κ3) is 4.18.